The molecule has 2 aliphatic carbocycles. The van der Waals surface area contributed by atoms with E-state index in [9.17, 15) is 50.0 Å². The Morgan fingerprint density at radius 2 is 0.948 bits per heavy atom. The largest absolute Gasteiger partial charge is 0.573 e. The summed E-state index contributed by atoms with van der Waals surface area (Å²) < 4.78 is 251. The molecule has 5 nitrogen and oxygen atoms in total. The van der Waals surface area contributed by atoms with Crippen LogP contribution >= 0.6 is 23.5 Å². The van der Waals surface area contributed by atoms with E-state index in [1.807, 2.05) is 0 Å². The molecule has 0 aromatic heterocycles. The van der Waals surface area contributed by atoms with Crippen molar-refractivity contribution < 1.29 is 79.4 Å². The third kappa shape index (κ3) is 7.26. The molecule has 2 aliphatic rings. The second-order valence-electron chi connectivity index (χ2n) is 11.4. The number of thioether (sulfide) groups is 2. The molecule has 300 valence electrons. The molecule has 0 amide bonds. The van der Waals surface area contributed by atoms with E-state index < -0.39 is 188 Å². The summed E-state index contributed by atoms with van der Waals surface area (Å²) in [6.45, 7) is 15.6. The average Bonchev–Trinajstić information content (AvgIpc) is 3.64. The van der Waals surface area contributed by atoms with Crippen LogP contribution in [0.25, 0.3) is 43.3 Å². The van der Waals surface area contributed by atoms with Gasteiger partial charge >= 0.3 is 23.2 Å². The number of fused-ring (bicyclic) bond motifs is 2. The van der Waals surface area contributed by atoms with Gasteiger partial charge in [0.05, 0.1) is 26.5 Å². The van der Waals surface area contributed by atoms with E-state index >= 15 is 35.1 Å². The summed E-state index contributed by atoms with van der Waals surface area (Å²) in [5.41, 5.74) is -24.8. The van der Waals surface area contributed by atoms with Gasteiger partial charge in [0.2, 0.25) is 0 Å². The van der Waals surface area contributed by atoms with Gasteiger partial charge in [-0.25, -0.2) is 35.1 Å². The number of hydrogen-bond acceptors (Lipinski definition) is 5. The number of nitrogens with zero attached hydrogens (tertiary/aromatic N) is 4. The minimum atomic E-state index is -5.99. The second kappa shape index (κ2) is 14.8. The first-order valence-corrected chi connectivity index (χ1v) is 16.3. The summed E-state index contributed by atoms with van der Waals surface area (Å²) >= 11 is -3.41. The van der Waals surface area contributed by atoms with Crippen molar-refractivity contribution in [2.24, 2.45) is 0 Å². The van der Waals surface area contributed by atoms with E-state index in [1.54, 1.807) is 0 Å². The molecule has 0 spiro atoms. The maximum absolute atomic E-state index is 16.1. The Bertz CT molecular complexity index is 2670. The lowest BCUT2D eigenvalue weighted by Gasteiger charge is -2.20. The van der Waals surface area contributed by atoms with E-state index in [2.05, 4.69) is 14.4 Å². The maximum Gasteiger partial charge on any atom is 0.573 e. The molecule has 0 heterocycles. The quantitative estimate of drug-likeness (QED) is 0.0840. The van der Waals surface area contributed by atoms with Crippen LogP contribution in [0.5, 0.6) is 0 Å². The first kappa shape index (κ1) is 43.3. The van der Waals surface area contributed by atoms with Crippen molar-refractivity contribution in [2.45, 2.75) is 46.9 Å². The normalized spacial score (nSPS) is 13.8. The fraction of sp³-hybridized carbons (Fsp3) is 0.176. The highest BCUT2D eigenvalue weighted by Crippen LogP contribution is 2.48. The molecule has 0 saturated heterocycles. The standard InChI is InChI=1S/C34H7F17N4OS2/c1-8-10(31(54-2)55-3)4-12-14(8)15(18-20(35)24(39)29(25(40)21(18)36)57-33(46,47)48)13-5-11(9(6-52)7-53)28(56-32(43,44)45)17(13)16(12)19-22(37)26(41)30(27(42)23(19)38)58-34(49,50)51/h4-5H2,1H3. The van der Waals surface area contributed by atoms with Crippen LogP contribution in [0.1, 0.15) is 18.1 Å². The topological polar surface area (TPSA) is 65.5 Å². The van der Waals surface area contributed by atoms with Gasteiger partial charge in [0.15, 0.2) is 46.5 Å². The Kier molecular flexibility index (Phi) is 11.1. The smallest absolute Gasteiger partial charge is 0.405 e. The number of nitriles is 2. The van der Waals surface area contributed by atoms with E-state index in [0.717, 1.165) is 19.1 Å². The fourth-order valence-electron chi connectivity index (χ4n) is 6.36. The third-order valence-electron chi connectivity index (χ3n) is 8.35. The number of allylic oxidation sites excluding steroid dienone is 2. The van der Waals surface area contributed by atoms with E-state index in [4.69, 9.17) is 13.1 Å². The molecular weight excluding hydrogens is 868 g/mol. The van der Waals surface area contributed by atoms with Gasteiger partial charge in [0.1, 0.15) is 36.6 Å². The van der Waals surface area contributed by atoms with Crippen LogP contribution in [0.4, 0.5) is 74.6 Å². The van der Waals surface area contributed by atoms with Crippen LogP contribution < -0.4 is 10.4 Å². The molecule has 5 rings (SSSR count). The molecule has 58 heavy (non-hydrogen) atoms. The minimum absolute atomic E-state index is 0.632. The average molecular weight is 875 g/mol. The summed E-state index contributed by atoms with van der Waals surface area (Å²) in [4.78, 5) is 1.06. The fourth-order valence-corrected chi connectivity index (χ4v) is 7.54. The van der Waals surface area contributed by atoms with E-state index in [1.165, 1.54) is 0 Å². The van der Waals surface area contributed by atoms with Crippen LogP contribution in [-0.2, 0) is 17.6 Å². The Morgan fingerprint density at radius 3 is 1.29 bits per heavy atom. The Balaban J connectivity index is 2.24. The number of ether oxygens (including phenoxy) is 1. The number of rotatable bonds is 5. The number of alkyl halides is 9. The van der Waals surface area contributed by atoms with Crippen molar-refractivity contribution in [2.75, 3.05) is 0 Å². The Hall–Kier alpha value is -5.85. The number of hydrogen-bond donors (Lipinski definition) is 0. The molecule has 0 N–H and O–H groups in total. The first-order valence-electron chi connectivity index (χ1n) is 14.7. The lowest BCUT2D eigenvalue weighted by Crippen LogP contribution is -2.28. The zero-order valence-electron chi connectivity index (χ0n) is 27.4. The third-order valence-corrected chi connectivity index (χ3v) is 9.94. The first-order chi connectivity index (χ1) is 26.7. The van der Waals surface area contributed by atoms with Crippen molar-refractivity contribution in [3.8, 4) is 34.4 Å². The van der Waals surface area contributed by atoms with E-state index in [0.29, 0.717) is 0 Å². The second-order valence-corrected chi connectivity index (χ2v) is 13.6. The molecule has 0 atom stereocenters. The predicted octanol–water partition coefficient (Wildman–Crippen LogP) is 10.7. The number of halogens is 17. The van der Waals surface area contributed by atoms with Crippen molar-refractivity contribution >= 4 is 34.9 Å². The molecule has 3 aromatic rings. The number of benzene rings is 3. The molecule has 0 aliphatic heterocycles. The minimum Gasteiger partial charge on any atom is -0.405 e. The van der Waals surface area contributed by atoms with Crippen LogP contribution in [0, 0.1) is 82.3 Å². The van der Waals surface area contributed by atoms with Gasteiger partial charge in [-0.3, -0.25) is 0 Å². The highest BCUT2D eigenvalue weighted by atomic mass is 32.2. The highest BCUT2D eigenvalue weighted by Gasteiger charge is 2.45. The van der Waals surface area contributed by atoms with Crippen LogP contribution in [0.15, 0.2) is 32.3 Å². The van der Waals surface area contributed by atoms with Crippen molar-refractivity contribution in [1.29, 1.82) is 10.5 Å². The molecule has 0 bridgehead atoms. The Labute approximate surface area is 319 Å². The molecular formula is C34H7F17N4OS2. The van der Waals surface area contributed by atoms with Crippen LogP contribution in [0.2, 0.25) is 0 Å². The van der Waals surface area contributed by atoms with Crippen LogP contribution in [-0.4, -0.2) is 17.4 Å². The van der Waals surface area contributed by atoms with Crippen molar-refractivity contribution in [3.63, 3.8) is 0 Å². The molecule has 0 radical (unpaired) electrons. The summed E-state index contributed by atoms with van der Waals surface area (Å²) in [6.07, 6.45) is -8.71. The monoisotopic (exact) mass is 874 g/mol. The van der Waals surface area contributed by atoms with Gasteiger partial charge in [-0.05, 0) is 64.4 Å². The summed E-state index contributed by atoms with van der Waals surface area (Å²) in [7, 11) is 0. The molecule has 24 heteroatoms. The van der Waals surface area contributed by atoms with Gasteiger partial charge < -0.3 is 4.74 Å². The highest BCUT2D eigenvalue weighted by molar-refractivity contribution is 8.00. The zero-order chi connectivity index (χ0) is 43.7. The lowest BCUT2D eigenvalue weighted by atomic mass is 9.86. The molecule has 0 saturated carbocycles. The SMILES string of the molecule is [C-]#[N+]C([N+]#[C-])=C1Cc2c(-c3c(F)c(F)c(SC(F)(F)F)c(F)c3F)c3c(c(-c4c(F)c(F)c(SC(F)(F)F)c(F)c4F)c2=C1C)CC(=C(C#N)C#N)C=3OC(F)(F)F. The maximum atomic E-state index is 16.1. The lowest BCUT2D eigenvalue weighted by molar-refractivity contribution is -0.290. The van der Waals surface area contributed by atoms with Gasteiger partial charge in [-0.2, -0.15) is 46.6 Å². The summed E-state index contributed by atoms with van der Waals surface area (Å²) in [6, 6.07) is 2.25. The zero-order valence-corrected chi connectivity index (χ0v) is 29.0. The molecule has 0 unspecified atom stereocenters. The van der Waals surface area contributed by atoms with Crippen molar-refractivity contribution in [1.82, 2.24) is 0 Å². The van der Waals surface area contributed by atoms with Gasteiger partial charge in [-0.15, -0.1) is 13.2 Å². The van der Waals surface area contributed by atoms with Crippen molar-refractivity contribution in [3.05, 3.63) is 113 Å². The Morgan fingerprint density at radius 1 is 0.586 bits per heavy atom. The summed E-state index contributed by atoms with van der Waals surface area (Å²) in [5.74, 6) is -25.0. The van der Waals surface area contributed by atoms with Gasteiger partial charge in [-0.1, -0.05) is 0 Å². The van der Waals surface area contributed by atoms with Crippen LogP contribution in [0.3, 0.4) is 0 Å². The summed E-state index contributed by atoms with van der Waals surface area (Å²) in [5, 5.41) is 16.6. The molecule has 0 fully saturated rings. The van der Waals surface area contributed by atoms with Gasteiger partial charge in [0, 0.05) is 22.8 Å². The van der Waals surface area contributed by atoms with E-state index in [-0.39, 0.29) is 0 Å². The predicted molar refractivity (Wildman–Crippen MR) is 166 cm³/mol. The molecule has 3 aromatic carbocycles. The van der Waals surface area contributed by atoms with Gasteiger partial charge in [0.25, 0.3) is 0 Å².